The van der Waals surface area contributed by atoms with Crippen LogP contribution in [0.2, 0.25) is 5.02 Å². The fourth-order valence-corrected chi connectivity index (χ4v) is 5.03. The van der Waals surface area contributed by atoms with Crippen LogP contribution in [-0.4, -0.2) is 52.5 Å². The standard InChI is InChI=1S/C22H28ClN3O3S/c1-25(30(28,29)19-9-4-2-5-10-19)18-11-12-20(21(23)17-18)22(27)24-13-8-16-26-14-6-3-7-15-26/h2,4-5,9-12,17H,3,6-8,13-16H2,1H3,(H,24,27). The van der Waals surface area contributed by atoms with E-state index in [1.807, 2.05) is 0 Å². The molecule has 0 aromatic heterocycles. The number of likely N-dealkylation sites (tertiary alicyclic amines) is 1. The zero-order chi connectivity index (χ0) is 21.6. The first-order valence-electron chi connectivity index (χ1n) is 10.2. The lowest BCUT2D eigenvalue weighted by Crippen LogP contribution is -2.33. The number of halogens is 1. The second kappa shape index (κ2) is 10.3. The van der Waals surface area contributed by atoms with E-state index < -0.39 is 10.0 Å². The monoisotopic (exact) mass is 449 g/mol. The maximum absolute atomic E-state index is 12.8. The van der Waals surface area contributed by atoms with Crippen molar-refractivity contribution in [3.63, 3.8) is 0 Å². The molecule has 1 fully saturated rings. The summed E-state index contributed by atoms with van der Waals surface area (Å²) in [7, 11) is -2.23. The minimum absolute atomic E-state index is 0.194. The number of hydrogen-bond donors (Lipinski definition) is 1. The Morgan fingerprint density at radius 3 is 2.47 bits per heavy atom. The average Bonchev–Trinajstić information content (AvgIpc) is 2.77. The topological polar surface area (TPSA) is 69.7 Å². The van der Waals surface area contributed by atoms with Gasteiger partial charge >= 0.3 is 0 Å². The minimum Gasteiger partial charge on any atom is -0.352 e. The minimum atomic E-state index is -3.70. The predicted molar refractivity (Wildman–Crippen MR) is 121 cm³/mol. The molecule has 1 saturated heterocycles. The van der Waals surface area contributed by atoms with Gasteiger partial charge < -0.3 is 10.2 Å². The Bertz CT molecular complexity index is 961. The number of amides is 1. The molecule has 30 heavy (non-hydrogen) atoms. The molecule has 0 unspecified atom stereocenters. The average molecular weight is 450 g/mol. The van der Waals surface area contributed by atoms with Crippen molar-refractivity contribution in [2.24, 2.45) is 0 Å². The van der Waals surface area contributed by atoms with Gasteiger partial charge in [0.05, 0.1) is 21.2 Å². The van der Waals surface area contributed by atoms with Gasteiger partial charge in [0.15, 0.2) is 0 Å². The molecule has 6 nitrogen and oxygen atoms in total. The molecule has 1 amide bonds. The molecule has 0 spiro atoms. The van der Waals surface area contributed by atoms with Crippen LogP contribution in [0.1, 0.15) is 36.0 Å². The van der Waals surface area contributed by atoms with Crippen molar-refractivity contribution in [1.29, 1.82) is 0 Å². The molecule has 1 heterocycles. The van der Waals surface area contributed by atoms with Crippen molar-refractivity contribution in [2.45, 2.75) is 30.6 Å². The maximum Gasteiger partial charge on any atom is 0.264 e. The lowest BCUT2D eigenvalue weighted by molar-refractivity contribution is 0.0951. The van der Waals surface area contributed by atoms with Crippen LogP contribution in [0.3, 0.4) is 0 Å². The Labute approximate surface area is 183 Å². The molecule has 0 saturated carbocycles. The molecule has 0 bridgehead atoms. The Morgan fingerprint density at radius 1 is 1.10 bits per heavy atom. The number of hydrogen-bond acceptors (Lipinski definition) is 4. The zero-order valence-electron chi connectivity index (χ0n) is 17.2. The van der Waals surface area contributed by atoms with Crippen LogP contribution in [0.15, 0.2) is 53.4 Å². The third-order valence-corrected chi connectivity index (χ3v) is 7.46. The van der Waals surface area contributed by atoms with Crippen LogP contribution in [0.4, 0.5) is 5.69 Å². The van der Waals surface area contributed by atoms with E-state index in [4.69, 9.17) is 11.6 Å². The van der Waals surface area contributed by atoms with E-state index >= 15 is 0 Å². The summed E-state index contributed by atoms with van der Waals surface area (Å²) in [4.78, 5) is 15.1. The van der Waals surface area contributed by atoms with Crippen LogP contribution < -0.4 is 9.62 Å². The summed E-state index contributed by atoms with van der Waals surface area (Å²) >= 11 is 6.31. The maximum atomic E-state index is 12.8. The van der Waals surface area contributed by atoms with E-state index in [0.717, 1.165) is 30.4 Å². The number of piperidine rings is 1. The molecule has 8 heteroatoms. The molecule has 2 aromatic rings. The molecule has 0 atom stereocenters. The van der Waals surface area contributed by atoms with Crippen molar-refractivity contribution in [3.05, 3.63) is 59.1 Å². The predicted octanol–water partition coefficient (Wildman–Crippen LogP) is 3.77. The number of anilines is 1. The van der Waals surface area contributed by atoms with E-state index in [1.165, 1.54) is 32.4 Å². The van der Waals surface area contributed by atoms with Crippen molar-refractivity contribution in [1.82, 2.24) is 10.2 Å². The molecule has 0 aliphatic carbocycles. The first kappa shape index (κ1) is 22.6. The van der Waals surface area contributed by atoms with Gasteiger partial charge in [-0.1, -0.05) is 36.2 Å². The highest BCUT2D eigenvalue weighted by molar-refractivity contribution is 7.92. The summed E-state index contributed by atoms with van der Waals surface area (Å²) in [5.41, 5.74) is 0.731. The van der Waals surface area contributed by atoms with Gasteiger partial charge in [-0.2, -0.15) is 0 Å². The Balaban J connectivity index is 1.59. The zero-order valence-corrected chi connectivity index (χ0v) is 18.8. The highest BCUT2D eigenvalue weighted by Gasteiger charge is 2.22. The van der Waals surface area contributed by atoms with Crippen molar-refractivity contribution >= 4 is 33.2 Å². The molecular weight excluding hydrogens is 422 g/mol. The fraction of sp³-hybridized carbons (Fsp3) is 0.409. The lowest BCUT2D eigenvalue weighted by Gasteiger charge is -2.26. The van der Waals surface area contributed by atoms with Crippen molar-refractivity contribution in [3.8, 4) is 0 Å². The number of carbonyl (C=O) groups excluding carboxylic acids is 1. The van der Waals surface area contributed by atoms with E-state index in [9.17, 15) is 13.2 Å². The normalized spacial score (nSPS) is 15.0. The van der Waals surface area contributed by atoms with E-state index in [1.54, 1.807) is 42.5 Å². The van der Waals surface area contributed by atoms with Gasteiger partial charge in [-0.3, -0.25) is 9.10 Å². The Hall–Kier alpha value is -2.09. The molecule has 162 valence electrons. The van der Waals surface area contributed by atoms with Gasteiger partial charge in [-0.05, 0) is 69.2 Å². The smallest absolute Gasteiger partial charge is 0.264 e. The van der Waals surface area contributed by atoms with Gasteiger partial charge in [0, 0.05) is 13.6 Å². The summed E-state index contributed by atoms with van der Waals surface area (Å²) < 4.78 is 26.7. The van der Waals surface area contributed by atoms with Crippen LogP contribution >= 0.6 is 11.6 Å². The molecule has 1 aliphatic rings. The van der Waals surface area contributed by atoms with E-state index in [0.29, 0.717) is 17.8 Å². The second-order valence-electron chi connectivity index (χ2n) is 7.46. The molecule has 3 rings (SSSR count). The van der Waals surface area contributed by atoms with E-state index in [-0.39, 0.29) is 15.8 Å². The Kier molecular flexibility index (Phi) is 7.75. The highest BCUT2D eigenvalue weighted by Crippen LogP contribution is 2.27. The lowest BCUT2D eigenvalue weighted by atomic mass is 10.1. The van der Waals surface area contributed by atoms with Crippen molar-refractivity contribution in [2.75, 3.05) is 37.5 Å². The number of rotatable bonds is 8. The van der Waals surface area contributed by atoms with Crippen molar-refractivity contribution < 1.29 is 13.2 Å². The molecule has 1 N–H and O–H groups in total. The first-order valence-corrected chi connectivity index (χ1v) is 12.1. The summed E-state index contributed by atoms with van der Waals surface area (Å²) in [5, 5.41) is 3.12. The summed E-state index contributed by atoms with van der Waals surface area (Å²) in [6, 6.07) is 12.8. The summed E-state index contributed by atoms with van der Waals surface area (Å²) in [6.45, 7) is 3.84. The molecule has 1 aliphatic heterocycles. The third-order valence-electron chi connectivity index (χ3n) is 5.35. The molecule has 2 aromatic carbocycles. The molecular formula is C22H28ClN3O3S. The fourth-order valence-electron chi connectivity index (χ4n) is 3.56. The number of benzene rings is 2. The van der Waals surface area contributed by atoms with Crippen LogP contribution in [0.25, 0.3) is 0 Å². The molecule has 0 radical (unpaired) electrons. The van der Waals surface area contributed by atoms with Gasteiger partial charge in [0.25, 0.3) is 15.9 Å². The quantitative estimate of drug-likeness (QED) is 0.623. The second-order valence-corrected chi connectivity index (χ2v) is 9.84. The van der Waals surface area contributed by atoms with Crippen LogP contribution in [0.5, 0.6) is 0 Å². The van der Waals surface area contributed by atoms with Gasteiger partial charge in [0.2, 0.25) is 0 Å². The number of nitrogens with zero attached hydrogens (tertiary/aromatic N) is 2. The highest BCUT2D eigenvalue weighted by atomic mass is 35.5. The van der Waals surface area contributed by atoms with Gasteiger partial charge in [-0.15, -0.1) is 0 Å². The van der Waals surface area contributed by atoms with E-state index in [2.05, 4.69) is 10.2 Å². The number of sulfonamides is 1. The number of nitrogens with one attached hydrogen (secondary N) is 1. The third kappa shape index (κ3) is 5.53. The van der Waals surface area contributed by atoms with Gasteiger partial charge in [0.1, 0.15) is 0 Å². The summed E-state index contributed by atoms with van der Waals surface area (Å²) in [6.07, 6.45) is 4.70. The summed E-state index contributed by atoms with van der Waals surface area (Å²) in [5.74, 6) is -0.251. The van der Waals surface area contributed by atoms with Crippen LogP contribution in [0, 0.1) is 0 Å². The SMILES string of the molecule is CN(c1ccc(C(=O)NCCCN2CCCCC2)c(Cl)c1)S(=O)(=O)c1ccccc1. The first-order chi connectivity index (χ1) is 14.4. The van der Waals surface area contributed by atoms with Gasteiger partial charge in [-0.25, -0.2) is 8.42 Å². The largest absolute Gasteiger partial charge is 0.352 e. The number of carbonyl (C=O) groups is 1. The van der Waals surface area contributed by atoms with Crippen LogP contribution in [-0.2, 0) is 10.0 Å². The Morgan fingerprint density at radius 2 is 1.80 bits per heavy atom.